The molecule has 1 aliphatic rings. The number of rotatable bonds is 7. The first-order valence-corrected chi connectivity index (χ1v) is 6.62. The van der Waals surface area contributed by atoms with E-state index in [1.54, 1.807) is 0 Å². The first-order valence-electron chi connectivity index (χ1n) is 6.62. The average molecular weight is 249 g/mol. The van der Waals surface area contributed by atoms with Crippen LogP contribution >= 0.6 is 0 Å². The molecule has 1 aromatic rings. The van der Waals surface area contributed by atoms with Crippen molar-refractivity contribution in [2.45, 2.75) is 32.4 Å². The number of nitrogens with one attached hydrogen (secondary N) is 1. The van der Waals surface area contributed by atoms with Gasteiger partial charge in [-0.25, -0.2) is 4.98 Å². The highest BCUT2D eigenvalue weighted by atomic mass is 16.5. The predicted molar refractivity (Wildman–Crippen MR) is 72.9 cm³/mol. The molecule has 0 atom stereocenters. The SMILES string of the molecule is Cc1nc(OCCN(C)C)ccc1CNC1CC1. The number of pyridine rings is 1. The molecule has 4 heteroatoms. The van der Waals surface area contributed by atoms with Gasteiger partial charge in [0.1, 0.15) is 6.61 Å². The van der Waals surface area contributed by atoms with Crippen molar-refractivity contribution in [1.29, 1.82) is 0 Å². The minimum atomic E-state index is 0.680. The summed E-state index contributed by atoms with van der Waals surface area (Å²) in [5, 5.41) is 3.50. The van der Waals surface area contributed by atoms with E-state index < -0.39 is 0 Å². The molecular weight excluding hydrogens is 226 g/mol. The van der Waals surface area contributed by atoms with Gasteiger partial charge >= 0.3 is 0 Å². The highest BCUT2D eigenvalue weighted by molar-refractivity contribution is 5.25. The second kappa shape index (κ2) is 6.16. The lowest BCUT2D eigenvalue weighted by Gasteiger charge is -2.12. The van der Waals surface area contributed by atoms with Crippen LogP contribution in [0.1, 0.15) is 24.1 Å². The summed E-state index contributed by atoms with van der Waals surface area (Å²) in [6.45, 7) is 4.55. The van der Waals surface area contributed by atoms with Gasteiger partial charge in [-0.1, -0.05) is 6.07 Å². The van der Waals surface area contributed by atoms with Crippen molar-refractivity contribution in [3.63, 3.8) is 0 Å². The van der Waals surface area contributed by atoms with Crippen LogP contribution in [0.3, 0.4) is 0 Å². The van der Waals surface area contributed by atoms with Gasteiger partial charge in [0.2, 0.25) is 5.88 Å². The Morgan fingerprint density at radius 2 is 2.17 bits per heavy atom. The lowest BCUT2D eigenvalue weighted by Crippen LogP contribution is -2.20. The van der Waals surface area contributed by atoms with Crippen LogP contribution in [-0.4, -0.2) is 43.2 Å². The van der Waals surface area contributed by atoms with E-state index in [4.69, 9.17) is 4.74 Å². The molecule has 1 heterocycles. The van der Waals surface area contributed by atoms with Gasteiger partial charge < -0.3 is 15.0 Å². The number of aryl methyl sites for hydroxylation is 1. The summed E-state index contributed by atoms with van der Waals surface area (Å²) in [6, 6.07) is 4.82. The highest BCUT2D eigenvalue weighted by Gasteiger charge is 2.20. The first kappa shape index (κ1) is 13.3. The zero-order valence-electron chi connectivity index (χ0n) is 11.6. The van der Waals surface area contributed by atoms with Gasteiger partial charge in [-0.15, -0.1) is 0 Å². The number of hydrogen-bond acceptors (Lipinski definition) is 4. The third-order valence-corrected chi connectivity index (χ3v) is 3.12. The molecule has 100 valence electrons. The molecule has 0 aromatic carbocycles. The molecule has 0 radical (unpaired) electrons. The minimum Gasteiger partial charge on any atom is -0.476 e. The van der Waals surface area contributed by atoms with Crippen LogP contribution in [0, 0.1) is 6.92 Å². The van der Waals surface area contributed by atoms with E-state index in [0.29, 0.717) is 6.61 Å². The summed E-state index contributed by atoms with van der Waals surface area (Å²) < 4.78 is 5.62. The number of ether oxygens (including phenoxy) is 1. The number of hydrogen-bond donors (Lipinski definition) is 1. The van der Waals surface area contributed by atoms with E-state index in [1.165, 1.54) is 18.4 Å². The van der Waals surface area contributed by atoms with Gasteiger partial charge in [-0.3, -0.25) is 0 Å². The molecule has 18 heavy (non-hydrogen) atoms. The Labute approximate surface area is 109 Å². The summed E-state index contributed by atoms with van der Waals surface area (Å²) >= 11 is 0. The van der Waals surface area contributed by atoms with E-state index in [0.717, 1.165) is 30.7 Å². The van der Waals surface area contributed by atoms with Crippen LogP contribution in [0.4, 0.5) is 0 Å². The summed E-state index contributed by atoms with van der Waals surface area (Å²) in [5.74, 6) is 0.726. The van der Waals surface area contributed by atoms with Crippen LogP contribution in [0.5, 0.6) is 5.88 Å². The predicted octanol–water partition coefficient (Wildman–Crippen LogP) is 1.58. The second-order valence-electron chi connectivity index (χ2n) is 5.20. The fourth-order valence-electron chi connectivity index (χ4n) is 1.71. The fourth-order valence-corrected chi connectivity index (χ4v) is 1.71. The van der Waals surface area contributed by atoms with Crippen LogP contribution in [-0.2, 0) is 6.54 Å². The van der Waals surface area contributed by atoms with Crippen LogP contribution in [0.2, 0.25) is 0 Å². The van der Waals surface area contributed by atoms with E-state index in [1.807, 2.05) is 27.1 Å². The Morgan fingerprint density at radius 3 is 2.78 bits per heavy atom. The largest absolute Gasteiger partial charge is 0.476 e. The monoisotopic (exact) mass is 249 g/mol. The molecule has 1 saturated carbocycles. The molecule has 0 bridgehead atoms. The number of nitrogens with zero attached hydrogens (tertiary/aromatic N) is 2. The lowest BCUT2D eigenvalue weighted by atomic mass is 10.2. The maximum absolute atomic E-state index is 5.62. The zero-order chi connectivity index (χ0) is 13.0. The van der Waals surface area contributed by atoms with Gasteiger partial charge in [0, 0.05) is 30.9 Å². The second-order valence-corrected chi connectivity index (χ2v) is 5.20. The third-order valence-electron chi connectivity index (χ3n) is 3.12. The summed E-state index contributed by atoms with van der Waals surface area (Å²) in [4.78, 5) is 6.59. The molecule has 0 saturated heterocycles. The zero-order valence-corrected chi connectivity index (χ0v) is 11.6. The number of likely N-dealkylation sites (N-methyl/N-ethyl adjacent to an activating group) is 1. The van der Waals surface area contributed by atoms with Gasteiger partial charge in [-0.2, -0.15) is 0 Å². The quantitative estimate of drug-likeness (QED) is 0.796. The Hall–Kier alpha value is -1.13. The number of aromatic nitrogens is 1. The minimum absolute atomic E-state index is 0.680. The van der Waals surface area contributed by atoms with E-state index in [2.05, 4.69) is 21.3 Å². The van der Waals surface area contributed by atoms with Gasteiger partial charge in [0.25, 0.3) is 0 Å². The Balaban J connectivity index is 1.83. The van der Waals surface area contributed by atoms with Gasteiger partial charge in [0.05, 0.1) is 0 Å². The first-order chi connectivity index (χ1) is 8.65. The average Bonchev–Trinajstić information content (AvgIpc) is 3.11. The standard InChI is InChI=1S/C14H23N3O/c1-11-12(10-15-13-5-6-13)4-7-14(16-11)18-9-8-17(2)3/h4,7,13,15H,5-6,8-10H2,1-3H3. The lowest BCUT2D eigenvalue weighted by molar-refractivity contribution is 0.253. The molecule has 1 aromatic heterocycles. The molecule has 2 rings (SSSR count). The van der Waals surface area contributed by atoms with Crippen molar-refractivity contribution in [3.8, 4) is 5.88 Å². The van der Waals surface area contributed by atoms with Gasteiger partial charge in [-0.05, 0) is 39.4 Å². The Morgan fingerprint density at radius 1 is 1.39 bits per heavy atom. The van der Waals surface area contributed by atoms with E-state index in [9.17, 15) is 0 Å². The molecule has 0 spiro atoms. The van der Waals surface area contributed by atoms with E-state index in [-0.39, 0.29) is 0 Å². The molecule has 4 nitrogen and oxygen atoms in total. The molecule has 0 aliphatic heterocycles. The van der Waals surface area contributed by atoms with Crippen LogP contribution in [0.25, 0.3) is 0 Å². The normalized spacial score (nSPS) is 15.1. The molecule has 0 unspecified atom stereocenters. The topological polar surface area (TPSA) is 37.4 Å². The Bertz CT molecular complexity index is 389. The maximum atomic E-state index is 5.62. The molecule has 1 N–H and O–H groups in total. The van der Waals surface area contributed by atoms with Crippen molar-refractivity contribution >= 4 is 0 Å². The Kier molecular flexibility index (Phi) is 4.55. The van der Waals surface area contributed by atoms with Crippen molar-refractivity contribution in [3.05, 3.63) is 23.4 Å². The van der Waals surface area contributed by atoms with Gasteiger partial charge in [0.15, 0.2) is 0 Å². The van der Waals surface area contributed by atoms with Crippen LogP contribution < -0.4 is 10.1 Å². The third kappa shape index (κ3) is 4.27. The summed E-state index contributed by atoms with van der Waals surface area (Å²) in [7, 11) is 4.07. The van der Waals surface area contributed by atoms with E-state index >= 15 is 0 Å². The summed E-state index contributed by atoms with van der Waals surface area (Å²) in [5.41, 5.74) is 2.33. The molecule has 0 amide bonds. The molecular formula is C14H23N3O. The fraction of sp³-hybridized carbons (Fsp3) is 0.643. The van der Waals surface area contributed by atoms with Crippen LogP contribution in [0.15, 0.2) is 12.1 Å². The molecule has 1 aliphatic carbocycles. The van der Waals surface area contributed by atoms with Crippen molar-refractivity contribution in [2.24, 2.45) is 0 Å². The van der Waals surface area contributed by atoms with Crippen molar-refractivity contribution in [2.75, 3.05) is 27.2 Å². The smallest absolute Gasteiger partial charge is 0.213 e. The van der Waals surface area contributed by atoms with Crippen molar-refractivity contribution in [1.82, 2.24) is 15.2 Å². The molecule has 1 fully saturated rings. The van der Waals surface area contributed by atoms with Crippen molar-refractivity contribution < 1.29 is 4.74 Å². The maximum Gasteiger partial charge on any atom is 0.213 e. The highest BCUT2D eigenvalue weighted by Crippen LogP contribution is 2.20. The summed E-state index contributed by atoms with van der Waals surface area (Å²) in [6.07, 6.45) is 2.64.